The van der Waals surface area contributed by atoms with E-state index in [-0.39, 0.29) is 23.7 Å². The summed E-state index contributed by atoms with van der Waals surface area (Å²) in [6, 6.07) is 33.6. The molecule has 42 heavy (non-hydrogen) atoms. The van der Waals surface area contributed by atoms with E-state index in [0.717, 1.165) is 32.3 Å². The van der Waals surface area contributed by atoms with Gasteiger partial charge in [0, 0.05) is 21.9 Å². The lowest BCUT2D eigenvalue weighted by atomic mass is 9.53. The molecule has 7 nitrogen and oxygen atoms in total. The Bertz CT molecular complexity index is 1860. The summed E-state index contributed by atoms with van der Waals surface area (Å²) in [6.45, 7) is 0. The van der Waals surface area contributed by atoms with Crippen molar-refractivity contribution >= 4 is 54.9 Å². The highest BCUT2D eigenvalue weighted by atomic mass is 79.9. The molecule has 9 rings (SSSR count). The van der Waals surface area contributed by atoms with Gasteiger partial charge < -0.3 is 0 Å². The second kappa shape index (κ2) is 9.82. The lowest BCUT2D eigenvalue weighted by Gasteiger charge is -2.52. The summed E-state index contributed by atoms with van der Waals surface area (Å²) >= 11 is 4.67. The van der Waals surface area contributed by atoms with Crippen LogP contribution in [0.25, 0.3) is 11.3 Å². The summed E-state index contributed by atoms with van der Waals surface area (Å²) in [4.78, 5) is 33.1. The third kappa shape index (κ3) is 3.88. The SMILES string of the molecule is O=C1NN(c2nc(-c3ccccc3)c(N=Nc3ccc(Br)cc3)s2)C(=O)C2C3c4ccccc4C(c4ccccc43)C12. The first kappa shape index (κ1) is 25.3. The number of thiazole rings is 1. The van der Waals surface area contributed by atoms with Gasteiger partial charge in [-0.15, -0.1) is 10.2 Å². The normalized spacial score (nSPS) is 22.1. The molecule has 0 spiro atoms. The molecule has 0 radical (unpaired) electrons. The van der Waals surface area contributed by atoms with Crippen LogP contribution in [0.4, 0.5) is 15.8 Å². The van der Waals surface area contributed by atoms with E-state index >= 15 is 0 Å². The van der Waals surface area contributed by atoms with Gasteiger partial charge in [-0.3, -0.25) is 15.0 Å². The van der Waals surface area contributed by atoms with Crippen LogP contribution in [-0.4, -0.2) is 16.8 Å². The van der Waals surface area contributed by atoms with E-state index in [1.165, 1.54) is 16.3 Å². The number of carbonyl (C=O) groups excluding carboxylic acids is 2. The van der Waals surface area contributed by atoms with Gasteiger partial charge in [-0.1, -0.05) is 106 Å². The minimum absolute atomic E-state index is 0.164. The summed E-state index contributed by atoms with van der Waals surface area (Å²) in [5, 5.41) is 11.2. The van der Waals surface area contributed by atoms with E-state index < -0.39 is 11.8 Å². The molecule has 4 aliphatic rings. The van der Waals surface area contributed by atoms with E-state index in [4.69, 9.17) is 4.98 Å². The molecule has 2 unspecified atom stereocenters. The van der Waals surface area contributed by atoms with E-state index in [9.17, 15) is 9.59 Å². The molecule has 3 aliphatic carbocycles. The monoisotopic (exact) mass is 631 g/mol. The molecule has 1 saturated heterocycles. The van der Waals surface area contributed by atoms with Crippen molar-refractivity contribution in [2.75, 3.05) is 5.01 Å². The zero-order valence-electron chi connectivity index (χ0n) is 22.0. The second-order valence-corrected chi connectivity index (χ2v) is 12.5. The molecule has 9 heteroatoms. The number of anilines is 1. The Labute approximate surface area is 254 Å². The van der Waals surface area contributed by atoms with Crippen LogP contribution in [0.15, 0.2) is 118 Å². The van der Waals surface area contributed by atoms with Crippen molar-refractivity contribution in [2.24, 2.45) is 22.1 Å². The second-order valence-electron chi connectivity index (χ2n) is 10.6. The number of aromatic nitrogens is 1. The number of hydrogen-bond donors (Lipinski definition) is 1. The fourth-order valence-electron chi connectivity index (χ4n) is 6.68. The number of hydrogen-bond acceptors (Lipinski definition) is 6. The number of hydrazine groups is 1. The Morgan fingerprint density at radius 1 is 0.714 bits per heavy atom. The zero-order valence-corrected chi connectivity index (χ0v) is 24.4. The van der Waals surface area contributed by atoms with E-state index in [2.05, 4.69) is 55.8 Å². The van der Waals surface area contributed by atoms with Crippen molar-refractivity contribution in [3.63, 3.8) is 0 Å². The fraction of sp³-hybridized carbons (Fsp3) is 0.121. The van der Waals surface area contributed by atoms with Crippen LogP contribution < -0.4 is 10.4 Å². The van der Waals surface area contributed by atoms with Gasteiger partial charge in [-0.05, 0) is 46.5 Å². The van der Waals surface area contributed by atoms with E-state index in [1.807, 2.05) is 78.9 Å². The maximum Gasteiger partial charge on any atom is 0.252 e. The molecule has 1 aromatic heterocycles. The summed E-state index contributed by atoms with van der Waals surface area (Å²) < 4.78 is 0.950. The van der Waals surface area contributed by atoms with E-state index in [1.54, 1.807) is 0 Å². The minimum atomic E-state index is -0.537. The van der Waals surface area contributed by atoms with Gasteiger partial charge in [0.1, 0.15) is 5.69 Å². The van der Waals surface area contributed by atoms with Gasteiger partial charge in [0.25, 0.3) is 5.91 Å². The summed E-state index contributed by atoms with van der Waals surface area (Å²) in [6.07, 6.45) is 0. The molecule has 2 bridgehead atoms. The third-order valence-electron chi connectivity index (χ3n) is 8.39. The molecule has 2 amide bonds. The molecular weight excluding hydrogens is 610 g/mol. The zero-order chi connectivity index (χ0) is 28.4. The molecular formula is C33H22BrN5O2S. The molecule has 1 fully saturated rings. The quantitative estimate of drug-likeness (QED) is 0.205. The first-order valence-electron chi connectivity index (χ1n) is 13.6. The Morgan fingerprint density at radius 2 is 1.29 bits per heavy atom. The Kier molecular flexibility index (Phi) is 5.90. The van der Waals surface area contributed by atoms with Gasteiger partial charge >= 0.3 is 0 Å². The molecule has 2 heterocycles. The van der Waals surface area contributed by atoms with Gasteiger partial charge in [0.15, 0.2) is 5.00 Å². The molecule has 4 aromatic carbocycles. The number of halogens is 1. The first-order valence-corrected chi connectivity index (χ1v) is 15.2. The smallest absolute Gasteiger partial charge is 0.252 e. The Morgan fingerprint density at radius 3 is 1.90 bits per heavy atom. The van der Waals surface area contributed by atoms with Crippen molar-refractivity contribution in [1.29, 1.82) is 0 Å². The standard InChI is InChI=1S/C33H22BrN5O2S/c34-19-14-16-20(17-15-19)36-37-31-29(18-8-2-1-3-9-18)35-33(42-31)39-32(41)28-26-23-12-6-4-10-21(23)25(27(28)30(40)38-39)22-11-5-7-13-24(22)26/h1-17,25-28H,(H,38,40). The Balaban J connectivity index is 1.22. The minimum Gasteiger partial charge on any atom is -0.273 e. The maximum absolute atomic E-state index is 14.4. The predicted octanol–water partition coefficient (Wildman–Crippen LogP) is 7.89. The van der Waals surface area contributed by atoms with Crippen LogP contribution in [0.2, 0.25) is 0 Å². The molecule has 5 aromatic rings. The van der Waals surface area contributed by atoms with Crippen LogP contribution in [-0.2, 0) is 9.59 Å². The van der Waals surface area contributed by atoms with Crippen LogP contribution in [0.5, 0.6) is 0 Å². The Hall–Kier alpha value is -4.47. The predicted molar refractivity (Wildman–Crippen MR) is 165 cm³/mol. The lowest BCUT2D eigenvalue weighted by Crippen LogP contribution is -2.64. The van der Waals surface area contributed by atoms with Gasteiger partial charge in [0.05, 0.1) is 17.5 Å². The van der Waals surface area contributed by atoms with Gasteiger partial charge in [0.2, 0.25) is 11.0 Å². The number of amides is 2. The average molecular weight is 633 g/mol. The third-order valence-corrected chi connectivity index (χ3v) is 9.84. The number of nitrogens with zero attached hydrogens (tertiary/aromatic N) is 4. The van der Waals surface area contributed by atoms with Crippen molar-refractivity contribution in [3.8, 4) is 11.3 Å². The highest BCUT2D eigenvalue weighted by Gasteiger charge is 2.58. The highest BCUT2D eigenvalue weighted by Crippen LogP contribution is 2.59. The highest BCUT2D eigenvalue weighted by molar-refractivity contribution is 9.10. The summed E-state index contributed by atoms with van der Waals surface area (Å²) in [5.41, 5.74) is 9.56. The van der Waals surface area contributed by atoms with Crippen LogP contribution in [0.3, 0.4) is 0 Å². The number of benzene rings is 4. The summed E-state index contributed by atoms with van der Waals surface area (Å²) in [5.74, 6) is -1.75. The average Bonchev–Trinajstić information content (AvgIpc) is 3.46. The number of carbonyl (C=O) groups is 2. The molecule has 1 N–H and O–H groups in total. The largest absolute Gasteiger partial charge is 0.273 e. The van der Waals surface area contributed by atoms with Gasteiger partial charge in [-0.2, -0.15) is 5.01 Å². The number of nitrogens with one attached hydrogen (secondary N) is 1. The maximum atomic E-state index is 14.4. The van der Waals surface area contributed by atoms with Crippen LogP contribution >= 0.6 is 27.3 Å². The van der Waals surface area contributed by atoms with Crippen molar-refractivity contribution in [3.05, 3.63) is 130 Å². The van der Waals surface area contributed by atoms with Crippen molar-refractivity contribution in [1.82, 2.24) is 10.4 Å². The lowest BCUT2D eigenvalue weighted by molar-refractivity contribution is -0.142. The van der Waals surface area contributed by atoms with Crippen LogP contribution in [0.1, 0.15) is 34.1 Å². The molecule has 1 aliphatic heterocycles. The first-order chi connectivity index (χ1) is 20.6. The topological polar surface area (TPSA) is 87.0 Å². The molecule has 204 valence electrons. The fourth-order valence-corrected chi connectivity index (χ4v) is 7.82. The number of azo groups is 1. The van der Waals surface area contributed by atoms with Crippen molar-refractivity contribution < 1.29 is 9.59 Å². The van der Waals surface area contributed by atoms with E-state index in [0.29, 0.717) is 21.5 Å². The molecule has 0 saturated carbocycles. The molecule has 2 atom stereocenters. The van der Waals surface area contributed by atoms with Crippen molar-refractivity contribution in [2.45, 2.75) is 11.8 Å². The number of rotatable bonds is 4. The van der Waals surface area contributed by atoms with Gasteiger partial charge in [-0.25, -0.2) is 4.98 Å². The summed E-state index contributed by atoms with van der Waals surface area (Å²) in [7, 11) is 0. The van der Waals surface area contributed by atoms with Crippen LogP contribution in [0, 0.1) is 11.8 Å².